The number of nitrogens with zero attached hydrogens (tertiary/aromatic N) is 1. The Morgan fingerprint density at radius 1 is 1.31 bits per heavy atom. The van der Waals surface area contributed by atoms with Crippen LogP contribution in [0, 0.1) is 5.41 Å². The first-order valence-corrected chi connectivity index (χ1v) is 10.1. The number of carboxylic acid groups (broad SMARTS) is 1. The number of carbonyl (C=O) groups excluding carboxylic acids is 1. The minimum Gasteiger partial charge on any atom is -0.477 e. The van der Waals surface area contributed by atoms with Gasteiger partial charge in [0.15, 0.2) is 0 Å². The summed E-state index contributed by atoms with van der Waals surface area (Å²) in [5, 5.41) is 9.31. The lowest BCUT2D eigenvalue weighted by molar-refractivity contribution is -0.159. The van der Waals surface area contributed by atoms with Gasteiger partial charge in [-0.3, -0.25) is 4.79 Å². The molecule has 1 N–H and O–H groups in total. The molecule has 3 aliphatic rings. The third-order valence-corrected chi connectivity index (χ3v) is 7.58. The normalized spacial score (nSPS) is 23.3. The van der Waals surface area contributed by atoms with Gasteiger partial charge in [-0.1, -0.05) is 6.42 Å². The highest BCUT2D eigenvalue weighted by molar-refractivity contribution is 7.14. The van der Waals surface area contributed by atoms with Crippen LogP contribution in [0.5, 0.6) is 0 Å². The van der Waals surface area contributed by atoms with Gasteiger partial charge in [-0.05, 0) is 43.7 Å². The van der Waals surface area contributed by atoms with Gasteiger partial charge >= 0.3 is 5.97 Å². The van der Waals surface area contributed by atoms with Gasteiger partial charge in [-0.2, -0.15) is 0 Å². The predicted molar refractivity (Wildman–Crippen MR) is 96.6 cm³/mol. The smallest absolute Gasteiger partial charge is 0.345 e. The molecule has 142 valence electrons. The van der Waals surface area contributed by atoms with E-state index < -0.39 is 11.6 Å². The quantitative estimate of drug-likeness (QED) is 0.870. The molecule has 1 saturated heterocycles. The minimum absolute atomic E-state index is 0.217. The van der Waals surface area contributed by atoms with Crippen LogP contribution in [0.25, 0.3) is 0 Å². The molecule has 1 amide bonds. The summed E-state index contributed by atoms with van der Waals surface area (Å²) in [6, 6.07) is 1.80. The highest BCUT2D eigenvalue weighted by Crippen LogP contribution is 2.47. The summed E-state index contributed by atoms with van der Waals surface area (Å²) in [7, 11) is 1.66. The maximum Gasteiger partial charge on any atom is 0.345 e. The molecule has 0 aromatic carbocycles. The van der Waals surface area contributed by atoms with Crippen molar-refractivity contribution in [2.75, 3.05) is 33.4 Å². The number of amides is 1. The number of ether oxygens (including phenoxy) is 2. The van der Waals surface area contributed by atoms with Gasteiger partial charge in [0.2, 0.25) is 5.91 Å². The molecule has 0 atom stereocenters. The third-order valence-electron chi connectivity index (χ3n) is 6.23. The fourth-order valence-electron chi connectivity index (χ4n) is 4.60. The molecule has 1 aliphatic carbocycles. The molecule has 1 spiro atoms. The van der Waals surface area contributed by atoms with Crippen molar-refractivity contribution in [2.45, 2.75) is 44.1 Å². The van der Waals surface area contributed by atoms with E-state index in [9.17, 15) is 14.7 Å². The molecular formula is C19H25NO5S. The summed E-state index contributed by atoms with van der Waals surface area (Å²) in [6.07, 6.45) is 5.14. The van der Waals surface area contributed by atoms with Crippen LogP contribution in [0.4, 0.5) is 0 Å². The highest BCUT2D eigenvalue weighted by atomic mass is 32.1. The maximum atomic E-state index is 13.0. The first-order valence-electron chi connectivity index (χ1n) is 9.28. The van der Waals surface area contributed by atoms with Gasteiger partial charge in [0.25, 0.3) is 0 Å². The molecule has 2 aliphatic heterocycles. The number of rotatable bonds is 4. The van der Waals surface area contributed by atoms with E-state index in [0.29, 0.717) is 31.2 Å². The molecule has 0 unspecified atom stereocenters. The van der Waals surface area contributed by atoms with E-state index in [1.54, 1.807) is 13.2 Å². The Kier molecular flexibility index (Phi) is 4.57. The summed E-state index contributed by atoms with van der Waals surface area (Å²) >= 11 is 1.34. The highest BCUT2D eigenvalue weighted by Gasteiger charge is 2.49. The molecule has 6 nitrogen and oxygen atoms in total. The number of likely N-dealkylation sites (tertiary alicyclic amines) is 1. The van der Waals surface area contributed by atoms with Crippen LogP contribution in [0.3, 0.4) is 0 Å². The molecule has 2 fully saturated rings. The van der Waals surface area contributed by atoms with E-state index in [-0.39, 0.29) is 11.3 Å². The summed E-state index contributed by atoms with van der Waals surface area (Å²) in [6.45, 7) is 2.43. The first-order chi connectivity index (χ1) is 12.5. The lowest BCUT2D eigenvalue weighted by atomic mass is 9.68. The molecule has 1 aromatic heterocycles. The number of hydrogen-bond acceptors (Lipinski definition) is 5. The topological polar surface area (TPSA) is 76.1 Å². The lowest BCUT2D eigenvalue weighted by Gasteiger charge is -2.48. The van der Waals surface area contributed by atoms with E-state index in [0.717, 1.165) is 49.0 Å². The lowest BCUT2D eigenvalue weighted by Crippen LogP contribution is -2.55. The number of carbonyl (C=O) groups is 2. The second kappa shape index (κ2) is 6.62. The third kappa shape index (κ3) is 2.77. The zero-order valence-corrected chi connectivity index (χ0v) is 15.9. The molecule has 1 saturated carbocycles. The van der Waals surface area contributed by atoms with Crippen molar-refractivity contribution in [1.82, 2.24) is 4.90 Å². The van der Waals surface area contributed by atoms with Crippen LogP contribution in [0.2, 0.25) is 0 Å². The number of methoxy groups -OCH3 is 1. The number of aromatic carboxylic acids is 1. The van der Waals surface area contributed by atoms with Crippen molar-refractivity contribution < 1.29 is 24.2 Å². The zero-order valence-electron chi connectivity index (χ0n) is 15.1. The second-order valence-electron chi connectivity index (χ2n) is 7.72. The molecule has 4 rings (SSSR count). The van der Waals surface area contributed by atoms with Crippen LogP contribution in [-0.4, -0.2) is 55.3 Å². The zero-order chi connectivity index (χ0) is 18.4. The average Bonchev–Trinajstić information content (AvgIpc) is 3.05. The first kappa shape index (κ1) is 17.9. The standard InChI is InChI=1S/C19H25NO5S/c1-24-12-18(4-2-5-18)17(23)20-8-6-19(7-9-20)15-13(3-10-25-19)11-14(26-15)16(21)22/h11H,2-10,12H2,1H3,(H,21,22). The fourth-order valence-corrected chi connectivity index (χ4v) is 5.85. The Hall–Kier alpha value is -1.44. The molecule has 0 radical (unpaired) electrons. The van der Waals surface area contributed by atoms with Crippen LogP contribution in [-0.2, 0) is 26.3 Å². The average molecular weight is 379 g/mol. The summed E-state index contributed by atoms with van der Waals surface area (Å²) < 4.78 is 11.5. The summed E-state index contributed by atoms with van der Waals surface area (Å²) in [5.74, 6) is -0.660. The van der Waals surface area contributed by atoms with Crippen molar-refractivity contribution in [2.24, 2.45) is 5.41 Å². The second-order valence-corrected chi connectivity index (χ2v) is 8.77. The number of carboxylic acids is 1. The largest absolute Gasteiger partial charge is 0.477 e. The van der Waals surface area contributed by atoms with E-state index in [1.807, 2.05) is 4.90 Å². The number of thiophene rings is 1. The van der Waals surface area contributed by atoms with Crippen LogP contribution >= 0.6 is 11.3 Å². The number of fused-ring (bicyclic) bond motifs is 2. The molecular weight excluding hydrogens is 354 g/mol. The summed E-state index contributed by atoms with van der Waals surface area (Å²) in [5.41, 5.74) is 0.363. The number of hydrogen-bond donors (Lipinski definition) is 1. The number of piperidine rings is 1. The SMILES string of the molecule is COCC1(C(=O)N2CCC3(CC2)OCCc2cc(C(=O)O)sc23)CCC1. The summed E-state index contributed by atoms with van der Waals surface area (Å²) in [4.78, 5) is 27.8. The predicted octanol–water partition coefficient (Wildman–Crippen LogP) is 2.65. The van der Waals surface area contributed by atoms with Crippen LogP contribution < -0.4 is 0 Å². The van der Waals surface area contributed by atoms with Crippen molar-refractivity contribution in [1.29, 1.82) is 0 Å². The van der Waals surface area contributed by atoms with Gasteiger partial charge in [0, 0.05) is 25.1 Å². The Bertz CT molecular complexity index is 716. The molecule has 1 aromatic rings. The maximum absolute atomic E-state index is 13.0. The molecule has 3 heterocycles. The van der Waals surface area contributed by atoms with E-state index in [1.165, 1.54) is 11.3 Å². The van der Waals surface area contributed by atoms with Gasteiger partial charge in [0.05, 0.1) is 18.6 Å². The van der Waals surface area contributed by atoms with Crippen molar-refractivity contribution in [3.05, 3.63) is 21.4 Å². The van der Waals surface area contributed by atoms with Crippen LogP contribution in [0.1, 0.15) is 52.2 Å². The van der Waals surface area contributed by atoms with Gasteiger partial charge in [0.1, 0.15) is 10.5 Å². The molecule has 7 heteroatoms. The fraction of sp³-hybridized carbons (Fsp3) is 0.684. The molecule has 0 bridgehead atoms. The van der Waals surface area contributed by atoms with Gasteiger partial charge in [-0.15, -0.1) is 11.3 Å². The van der Waals surface area contributed by atoms with Crippen molar-refractivity contribution >= 4 is 23.2 Å². The Labute approximate surface area is 157 Å². The van der Waals surface area contributed by atoms with E-state index in [2.05, 4.69) is 0 Å². The minimum atomic E-state index is -0.876. The Morgan fingerprint density at radius 2 is 2.04 bits per heavy atom. The van der Waals surface area contributed by atoms with Crippen molar-refractivity contribution in [3.8, 4) is 0 Å². The van der Waals surface area contributed by atoms with Crippen LogP contribution in [0.15, 0.2) is 6.07 Å². The van der Waals surface area contributed by atoms with E-state index >= 15 is 0 Å². The van der Waals surface area contributed by atoms with Gasteiger partial charge < -0.3 is 19.5 Å². The Morgan fingerprint density at radius 3 is 2.62 bits per heavy atom. The van der Waals surface area contributed by atoms with Gasteiger partial charge in [-0.25, -0.2) is 4.79 Å². The van der Waals surface area contributed by atoms with Crippen molar-refractivity contribution in [3.63, 3.8) is 0 Å². The van der Waals surface area contributed by atoms with E-state index in [4.69, 9.17) is 9.47 Å². The molecule has 26 heavy (non-hydrogen) atoms. The Balaban J connectivity index is 1.50. The monoisotopic (exact) mass is 379 g/mol.